The first kappa shape index (κ1) is 13.9. The molecule has 86 valence electrons. The molecule has 2 unspecified atom stereocenters. The second kappa shape index (κ2) is 8.27. The van der Waals surface area contributed by atoms with E-state index < -0.39 is 0 Å². The lowest BCUT2D eigenvalue weighted by Gasteiger charge is -2.09. The summed E-state index contributed by atoms with van der Waals surface area (Å²) in [6.07, 6.45) is 7.48. The Hall–Kier alpha value is -1.05. The fourth-order valence-corrected chi connectivity index (χ4v) is 1.29. The van der Waals surface area contributed by atoms with Crippen LogP contribution < -0.4 is 0 Å². The molecule has 0 aliphatic heterocycles. The average molecular weight is 210 g/mol. The highest BCUT2D eigenvalue weighted by Gasteiger charge is 2.02. The highest BCUT2D eigenvalue weighted by Crippen LogP contribution is 2.13. The highest BCUT2D eigenvalue weighted by molar-refractivity contribution is 5.68. The van der Waals surface area contributed by atoms with E-state index in [2.05, 4.69) is 26.5 Å². The maximum absolute atomic E-state index is 10.8. The molecule has 0 heterocycles. The van der Waals surface area contributed by atoms with Gasteiger partial charge in [-0.1, -0.05) is 39.0 Å². The first-order chi connectivity index (χ1) is 7.10. The molecular weight excluding hydrogens is 188 g/mol. The van der Waals surface area contributed by atoms with Crippen LogP contribution in [-0.4, -0.2) is 12.6 Å². The van der Waals surface area contributed by atoms with E-state index in [4.69, 9.17) is 4.74 Å². The molecule has 0 amide bonds. The van der Waals surface area contributed by atoms with Crippen LogP contribution >= 0.6 is 0 Å². The van der Waals surface area contributed by atoms with Crippen molar-refractivity contribution < 1.29 is 9.53 Å². The number of allylic oxidation sites excluding steroid dienone is 2. The zero-order chi connectivity index (χ0) is 11.7. The fraction of sp³-hybridized carbons (Fsp3) is 0.615. The van der Waals surface area contributed by atoms with Crippen molar-refractivity contribution >= 4 is 5.97 Å². The third kappa shape index (κ3) is 7.98. The Morgan fingerprint density at radius 1 is 1.40 bits per heavy atom. The van der Waals surface area contributed by atoms with E-state index >= 15 is 0 Å². The lowest BCUT2D eigenvalue weighted by molar-refractivity contribution is -0.141. The van der Waals surface area contributed by atoms with Crippen LogP contribution in [0.4, 0.5) is 0 Å². The lowest BCUT2D eigenvalue weighted by Crippen LogP contribution is -2.02. The van der Waals surface area contributed by atoms with E-state index in [0.717, 1.165) is 6.42 Å². The van der Waals surface area contributed by atoms with Crippen molar-refractivity contribution in [3.05, 3.63) is 24.8 Å². The van der Waals surface area contributed by atoms with Gasteiger partial charge in [-0.15, -0.1) is 6.58 Å². The summed E-state index contributed by atoms with van der Waals surface area (Å²) in [5.41, 5.74) is 0. The Labute approximate surface area is 93.0 Å². The summed E-state index contributed by atoms with van der Waals surface area (Å²) >= 11 is 0. The van der Waals surface area contributed by atoms with E-state index in [1.54, 1.807) is 6.92 Å². The largest absolute Gasteiger partial charge is 0.461 e. The van der Waals surface area contributed by atoms with Crippen LogP contribution in [-0.2, 0) is 9.53 Å². The van der Waals surface area contributed by atoms with E-state index in [1.807, 2.05) is 12.2 Å². The fourth-order valence-electron chi connectivity index (χ4n) is 1.29. The van der Waals surface area contributed by atoms with Crippen molar-refractivity contribution in [1.29, 1.82) is 0 Å². The molecule has 0 bridgehead atoms. The van der Waals surface area contributed by atoms with Crippen LogP contribution in [0.25, 0.3) is 0 Å². The number of carbonyl (C=O) groups excluding carboxylic acids is 1. The standard InChI is InChI=1S/C13H22O2/c1-5-11(3)10-12(4)8-7-9-15-13(14)6-2/h5,7-8,11-12H,1,6,9-10H2,2-4H3/b8-7+. The normalized spacial score (nSPS) is 14.9. The van der Waals surface area contributed by atoms with Crippen LogP contribution in [0.1, 0.15) is 33.6 Å². The van der Waals surface area contributed by atoms with E-state index in [0.29, 0.717) is 24.9 Å². The summed E-state index contributed by atoms with van der Waals surface area (Å²) in [4.78, 5) is 10.8. The Kier molecular flexibility index (Phi) is 7.69. The zero-order valence-corrected chi connectivity index (χ0v) is 10.0. The van der Waals surface area contributed by atoms with Gasteiger partial charge < -0.3 is 4.74 Å². The summed E-state index contributed by atoms with van der Waals surface area (Å²) in [6.45, 7) is 10.2. The van der Waals surface area contributed by atoms with Crippen molar-refractivity contribution in [3.8, 4) is 0 Å². The zero-order valence-electron chi connectivity index (χ0n) is 10.0. The predicted octanol–water partition coefficient (Wildman–Crippen LogP) is 3.34. The molecule has 0 rings (SSSR count). The molecule has 15 heavy (non-hydrogen) atoms. The molecule has 0 saturated heterocycles. The number of carbonyl (C=O) groups is 1. The second-order valence-electron chi connectivity index (χ2n) is 3.89. The van der Waals surface area contributed by atoms with E-state index in [1.165, 1.54) is 0 Å². The van der Waals surface area contributed by atoms with Crippen LogP contribution in [0.15, 0.2) is 24.8 Å². The minimum Gasteiger partial charge on any atom is -0.461 e. The summed E-state index contributed by atoms with van der Waals surface area (Å²) in [5.74, 6) is 0.882. The maximum atomic E-state index is 10.8. The molecule has 0 fully saturated rings. The number of hydrogen-bond donors (Lipinski definition) is 0. The topological polar surface area (TPSA) is 26.3 Å². The van der Waals surface area contributed by atoms with Gasteiger partial charge >= 0.3 is 5.97 Å². The molecule has 0 spiro atoms. The maximum Gasteiger partial charge on any atom is 0.305 e. The van der Waals surface area contributed by atoms with Crippen molar-refractivity contribution in [2.45, 2.75) is 33.6 Å². The molecule has 0 aliphatic carbocycles. The monoisotopic (exact) mass is 210 g/mol. The van der Waals surface area contributed by atoms with Crippen LogP contribution in [0.3, 0.4) is 0 Å². The van der Waals surface area contributed by atoms with Crippen LogP contribution in [0.2, 0.25) is 0 Å². The Bertz CT molecular complexity index is 219. The van der Waals surface area contributed by atoms with Crippen molar-refractivity contribution in [1.82, 2.24) is 0 Å². The summed E-state index contributed by atoms with van der Waals surface area (Å²) in [7, 11) is 0. The van der Waals surface area contributed by atoms with Crippen molar-refractivity contribution in [2.75, 3.05) is 6.61 Å². The smallest absolute Gasteiger partial charge is 0.305 e. The third-order valence-corrected chi connectivity index (χ3v) is 2.24. The van der Waals surface area contributed by atoms with Gasteiger partial charge in [0.1, 0.15) is 6.61 Å². The molecule has 0 N–H and O–H groups in total. The first-order valence-electron chi connectivity index (χ1n) is 5.55. The molecule has 2 atom stereocenters. The molecule has 0 aromatic carbocycles. The number of hydrogen-bond acceptors (Lipinski definition) is 2. The van der Waals surface area contributed by atoms with E-state index in [-0.39, 0.29) is 5.97 Å². The van der Waals surface area contributed by atoms with Gasteiger partial charge in [0, 0.05) is 6.42 Å². The quantitative estimate of drug-likeness (QED) is 0.476. The van der Waals surface area contributed by atoms with Gasteiger partial charge in [0.05, 0.1) is 0 Å². The Morgan fingerprint density at radius 3 is 2.60 bits per heavy atom. The minimum absolute atomic E-state index is 0.147. The van der Waals surface area contributed by atoms with Crippen molar-refractivity contribution in [2.24, 2.45) is 11.8 Å². The Morgan fingerprint density at radius 2 is 2.07 bits per heavy atom. The highest BCUT2D eigenvalue weighted by atomic mass is 16.5. The number of ether oxygens (including phenoxy) is 1. The average Bonchev–Trinajstić information content (AvgIpc) is 2.23. The molecule has 0 radical (unpaired) electrons. The van der Waals surface area contributed by atoms with Crippen LogP contribution in [0, 0.1) is 11.8 Å². The molecule has 0 aromatic rings. The lowest BCUT2D eigenvalue weighted by atomic mass is 9.97. The number of rotatable bonds is 7. The predicted molar refractivity (Wildman–Crippen MR) is 63.5 cm³/mol. The molecule has 0 saturated carbocycles. The molecule has 2 heteroatoms. The Balaban J connectivity index is 3.67. The van der Waals surface area contributed by atoms with E-state index in [9.17, 15) is 4.79 Å². The minimum atomic E-state index is -0.147. The van der Waals surface area contributed by atoms with Gasteiger partial charge in [0.25, 0.3) is 0 Å². The molecular formula is C13H22O2. The summed E-state index contributed by atoms with van der Waals surface area (Å²) in [5, 5.41) is 0. The van der Waals surface area contributed by atoms with Gasteiger partial charge in [-0.25, -0.2) is 0 Å². The third-order valence-electron chi connectivity index (χ3n) is 2.24. The molecule has 0 aromatic heterocycles. The van der Waals surface area contributed by atoms with Gasteiger partial charge in [-0.05, 0) is 18.3 Å². The first-order valence-corrected chi connectivity index (χ1v) is 5.55. The number of esters is 1. The second-order valence-corrected chi connectivity index (χ2v) is 3.89. The van der Waals surface area contributed by atoms with Crippen molar-refractivity contribution in [3.63, 3.8) is 0 Å². The van der Waals surface area contributed by atoms with Gasteiger partial charge in [0.2, 0.25) is 0 Å². The SMILES string of the molecule is C=CC(C)CC(C)/C=C/COC(=O)CC. The van der Waals surface area contributed by atoms with Gasteiger partial charge in [-0.2, -0.15) is 0 Å². The molecule has 0 aliphatic rings. The van der Waals surface area contributed by atoms with Gasteiger partial charge in [-0.3, -0.25) is 4.79 Å². The van der Waals surface area contributed by atoms with Crippen LogP contribution in [0.5, 0.6) is 0 Å². The molecule has 2 nitrogen and oxygen atoms in total. The summed E-state index contributed by atoms with van der Waals surface area (Å²) < 4.78 is 4.93. The van der Waals surface area contributed by atoms with Gasteiger partial charge in [0.15, 0.2) is 0 Å². The summed E-state index contributed by atoms with van der Waals surface area (Å²) in [6, 6.07) is 0.